The van der Waals surface area contributed by atoms with Gasteiger partial charge in [0.05, 0.1) is 6.54 Å². The molecule has 3 heteroatoms. The first-order valence-corrected chi connectivity index (χ1v) is 7.33. The summed E-state index contributed by atoms with van der Waals surface area (Å²) in [6.07, 6.45) is 2.50. The lowest BCUT2D eigenvalue weighted by Crippen LogP contribution is -2.34. The number of nitrogens with one attached hydrogen (secondary N) is 1. The number of unbranched alkanes of at least 4 members (excludes halogenated alkanes) is 1. The molecule has 0 saturated carbocycles. The number of furan rings is 1. The highest BCUT2D eigenvalue weighted by Crippen LogP contribution is 2.17. The molecule has 0 fully saturated rings. The van der Waals surface area contributed by atoms with Gasteiger partial charge in [0.1, 0.15) is 11.5 Å². The summed E-state index contributed by atoms with van der Waals surface area (Å²) < 4.78 is 5.83. The van der Waals surface area contributed by atoms with Crippen LogP contribution in [0.25, 0.3) is 0 Å². The second-order valence-electron chi connectivity index (χ2n) is 6.49. The second-order valence-corrected chi connectivity index (χ2v) is 6.49. The van der Waals surface area contributed by atoms with E-state index in [2.05, 4.69) is 57.9 Å². The third-order valence-electron chi connectivity index (χ3n) is 3.20. The van der Waals surface area contributed by atoms with Gasteiger partial charge >= 0.3 is 0 Å². The van der Waals surface area contributed by atoms with Crippen molar-refractivity contribution in [3.05, 3.63) is 23.2 Å². The van der Waals surface area contributed by atoms with E-state index < -0.39 is 0 Å². The fourth-order valence-electron chi connectivity index (χ4n) is 1.98. The predicted octanol–water partition coefficient (Wildman–Crippen LogP) is 3.71. The summed E-state index contributed by atoms with van der Waals surface area (Å²) in [6.45, 7) is 13.7. The van der Waals surface area contributed by atoms with Gasteiger partial charge in [-0.05, 0) is 53.8 Å². The van der Waals surface area contributed by atoms with E-state index in [0.717, 1.165) is 31.2 Å². The Balaban J connectivity index is 2.54. The molecule has 19 heavy (non-hydrogen) atoms. The van der Waals surface area contributed by atoms with Crippen molar-refractivity contribution in [1.29, 1.82) is 0 Å². The molecule has 0 amide bonds. The van der Waals surface area contributed by atoms with E-state index in [4.69, 9.17) is 4.42 Å². The quantitative estimate of drug-likeness (QED) is 0.815. The molecule has 110 valence electrons. The van der Waals surface area contributed by atoms with E-state index in [9.17, 15) is 0 Å². The molecule has 1 N–H and O–H groups in total. The molecule has 0 atom stereocenters. The third kappa shape index (κ3) is 6.26. The standard InChI is InChI=1S/C16H30N2O/c1-7-8-9-18(6)12-14-10-15(19-13(14)2)11-17-16(3,4)5/h10,17H,7-9,11-12H2,1-6H3. The molecule has 0 aromatic carbocycles. The van der Waals surface area contributed by atoms with Gasteiger partial charge in [0.25, 0.3) is 0 Å². The molecule has 1 aromatic rings. The zero-order chi connectivity index (χ0) is 14.5. The molecule has 3 nitrogen and oxygen atoms in total. The first-order chi connectivity index (χ1) is 8.81. The summed E-state index contributed by atoms with van der Waals surface area (Å²) in [5, 5.41) is 3.46. The molecule has 0 bridgehead atoms. The van der Waals surface area contributed by atoms with Crippen LogP contribution in [0.1, 0.15) is 57.6 Å². The number of nitrogens with zero attached hydrogens (tertiary/aromatic N) is 1. The Morgan fingerprint density at radius 3 is 2.58 bits per heavy atom. The Morgan fingerprint density at radius 1 is 1.32 bits per heavy atom. The van der Waals surface area contributed by atoms with Crippen LogP contribution in [0.3, 0.4) is 0 Å². The minimum absolute atomic E-state index is 0.124. The Hall–Kier alpha value is -0.800. The minimum atomic E-state index is 0.124. The van der Waals surface area contributed by atoms with Gasteiger partial charge in [-0.15, -0.1) is 0 Å². The van der Waals surface area contributed by atoms with Crippen LogP contribution in [0.2, 0.25) is 0 Å². The molecule has 0 radical (unpaired) electrons. The molecule has 0 saturated heterocycles. The fourth-order valence-corrected chi connectivity index (χ4v) is 1.98. The summed E-state index contributed by atoms with van der Waals surface area (Å²) in [6, 6.07) is 2.19. The van der Waals surface area contributed by atoms with Crippen LogP contribution >= 0.6 is 0 Å². The molecule has 0 aliphatic heterocycles. The van der Waals surface area contributed by atoms with Gasteiger partial charge in [0, 0.05) is 17.6 Å². The summed E-state index contributed by atoms with van der Waals surface area (Å²) in [7, 11) is 2.18. The zero-order valence-corrected chi connectivity index (χ0v) is 13.5. The van der Waals surface area contributed by atoms with Crippen molar-refractivity contribution in [1.82, 2.24) is 10.2 Å². The molecule has 0 aliphatic carbocycles. The van der Waals surface area contributed by atoms with Crippen LogP contribution in [0, 0.1) is 6.92 Å². The Bertz CT molecular complexity index is 377. The minimum Gasteiger partial charge on any atom is -0.465 e. The second kappa shape index (κ2) is 7.11. The molecule has 0 aliphatic rings. The zero-order valence-electron chi connectivity index (χ0n) is 13.5. The predicted molar refractivity (Wildman–Crippen MR) is 81.3 cm³/mol. The maximum Gasteiger partial charge on any atom is 0.118 e. The maximum atomic E-state index is 5.83. The SMILES string of the molecule is CCCCN(C)Cc1cc(CNC(C)(C)C)oc1C. The van der Waals surface area contributed by atoms with E-state index in [1.165, 1.54) is 18.4 Å². The number of hydrogen-bond donors (Lipinski definition) is 1. The summed E-state index contributed by atoms with van der Waals surface area (Å²) >= 11 is 0. The van der Waals surface area contributed by atoms with Crippen molar-refractivity contribution < 1.29 is 4.42 Å². The summed E-state index contributed by atoms with van der Waals surface area (Å²) in [4.78, 5) is 2.36. The molecule has 0 unspecified atom stereocenters. The Morgan fingerprint density at radius 2 is 2.00 bits per heavy atom. The average Bonchev–Trinajstić information content (AvgIpc) is 2.64. The number of hydrogen-bond acceptors (Lipinski definition) is 3. The van der Waals surface area contributed by atoms with Gasteiger partial charge in [-0.1, -0.05) is 13.3 Å². The van der Waals surface area contributed by atoms with E-state index in [1.807, 2.05) is 0 Å². The van der Waals surface area contributed by atoms with Crippen LogP contribution in [-0.4, -0.2) is 24.0 Å². The molecular weight excluding hydrogens is 236 g/mol. The average molecular weight is 266 g/mol. The lowest BCUT2D eigenvalue weighted by molar-refractivity contribution is 0.318. The topological polar surface area (TPSA) is 28.4 Å². The van der Waals surface area contributed by atoms with Gasteiger partial charge < -0.3 is 14.6 Å². The van der Waals surface area contributed by atoms with Gasteiger partial charge in [-0.3, -0.25) is 0 Å². The lowest BCUT2D eigenvalue weighted by Gasteiger charge is -2.19. The highest BCUT2D eigenvalue weighted by Gasteiger charge is 2.13. The third-order valence-corrected chi connectivity index (χ3v) is 3.20. The summed E-state index contributed by atoms with van der Waals surface area (Å²) in [5.41, 5.74) is 1.43. The number of rotatable bonds is 7. The van der Waals surface area contributed by atoms with E-state index >= 15 is 0 Å². The van der Waals surface area contributed by atoms with Crippen molar-refractivity contribution in [3.8, 4) is 0 Å². The van der Waals surface area contributed by atoms with Gasteiger partial charge in [-0.25, -0.2) is 0 Å². The van der Waals surface area contributed by atoms with Crippen LogP contribution in [0.4, 0.5) is 0 Å². The van der Waals surface area contributed by atoms with Gasteiger partial charge in [0.2, 0.25) is 0 Å². The smallest absolute Gasteiger partial charge is 0.118 e. The van der Waals surface area contributed by atoms with Gasteiger partial charge in [-0.2, -0.15) is 0 Å². The Labute approximate surface area is 118 Å². The van der Waals surface area contributed by atoms with Crippen molar-refractivity contribution in [3.63, 3.8) is 0 Å². The first-order valence-electron chi connectivity index (χ1n) is 7.33. The monoisotopic (exact) mass is 266 g/mol. The van der Waals surface area contributed by atoms with E-state index in [1.54, 1.807) is 0 Å². The molecule has 0 spiro atoms. The fraction of sp³-hybridized carbons (Fsp3) is 0.750. The van der Waals surface area contributed by atoms with Gasteiger partial charge in [0.15, 0.2) is 0 Å². The lowest BCUT2D eigenvalue weighted by atomic mass is 10.1. The highest BCUT2D eigenvalue weighted by atomic mass is 16.3. The Kier molecular flexibility index (Phi) is 6.08. The van der Waals surface area contributed by atoms with E-state index in [0.29, 0.717) is 0 Å². The normalized spacial score (nSPS) is 12.4. The summed E-state index contributed by atoms with van der Waals surface area (Å²) in [5.74, 6) is 2.08. The molecule has 1 heterocycles. The highest BCUT2D eigenvalue weighted by molar-refractivity contribution is 5.20. The van der Waals surface area contributed by atoms with Crippen LogP contribution in [0.15, 0.2) is 10.5 Å². The largest absolute Gasteiger partial charge is 0.465 e. The van der Waals surface area contributed by atoms with Crippen molar-refractivity contribution in [2.75, 3.05) is 13.6 Å². The molecular formula is C16H30N2O. The first kappa shape index (κ1) is 16.3. The van der Waals surface area contributed by atoms with Crippen molar-refractivity contribution >= 4 is 0 Å². The van der Waals surface area contributed by atoms with Crippen LogP contribution < -0.4 is 5.32 Å². The van der Waals surface area contributed by atoms with Crippen molar-refractivity contribution in [2.45, 2.75) is 66.1 Å². The van der Waals surface area contributed by atoms with Crippen LogP contribution in [-0.2, 0) is 13.1 Å². The van der Waals surface area contributed by atoms with Crippen molar-refractivity contribution in [2.24, 2.45) is 0 Å². The molecule has 1 rings (SSSR count). The molecule has 1 aromatic heterocycles. The van der Waals surface area contributed by atoms with E-state index in [-0.39, 0.29) is 5.54 Å². The number of aryl methyl sites for hydroxylation is 1. The van der Waals surface area contributed by atoms with Crippen LogP contribution in [0.5, 0.6) is 0 Å². The maximum absolute atomic E-state index is 5.83.